The lowest BCUT2D eigenvalue weighted by Crippen LogP contribution is -2.44. The Labute approximate surface area is 117 Å². The zero-order valence-corrected chi connectivity index (χ0v) is 11.7. The number of hydrogen-bond acceptors (Lipinski definition) is 3. The first-order chi connectivity index (χ1) is 9.35. The second-order valence-corrected chi connectivity index (χ2v) is 5.26. The Kier molecular flexibility index (Phi) is 6.75. The summed E-state index contributed by atoms with van der Waals surface area (Å²) in [4.78, 5) is 11.9. The largest absolute Gasteiger partial charge is 0.411 e. The Morgan fingerprint density at radius 3 is 2.70 bits per heavy atom. The predicted octanol–water partition coefficient (Wildman–Crippen LogP) is 1.98. The fourth-order valence-electron chi connectivity index (χ4n) is 2.42. The number of amides is 1. The van der Waals surface area contributed by atoms with E-state index < -0.39 is 18.9 Å². The number of nitrogens with one attached hydrogen (secondary N) is 1. The van der Waals surface area contributed by atoms with E-state index in [0.29, 0.717) is 19.3 Å². The minimum absolute atomic E-state index is 0.114. The van der Waals surface area contributed by atoms with Crippen LogP contribution < -0.4 is 11.1 Å². The molecule has 1 aliphatic carbocycles. The SMILES string of the molecule is CCC(CN)C(=O)NC1CCCC(OCC(F)(F)F)C1. The van der Waals surface area contributed by atoms with Crippen LogP contribution in [0.25, 0.3) is 0 Å². The lowest BCUT2D eigenvalue weighted by Gasteiger charge is -2.31. The van der Waals surface area contributed by atoms with E-state index in [4.69, 9.17) is 10.5 Å². The highest BCUT2D eigenvalue weighted by Gasteiger charge is 2.31. The highest BCUT2D eigenvalue weighted by molar-refractivity contribution is 5.79. The maximum absolute atomic E-state index is 12.1. The standard InChI is InChI=1S/C13H23F3N2O2/c1-2-9(7-17)12(19)18-10-4-3-5-11(6-10)20-8-13(14,15)16/h9-11H,2-8,17H2,1H3,(H,18,19). The Hall–Kier alpha value is -0.820. The molecule has 1 amide bonds. The van der Waals surface area contributed by atoms with Crippen molar-refractivity contribution in [1.29, 1.82) is 0 Å². The fourth-order valence-corrected chi connectivity index (χ4v) is 2.42. The molecule has 0 heterocycles. The van der Waals surface area contributed by atoms with E-state index in [1.807, 2.05) is 6.92 Å². The van der Waals surface area contributed by atoms with Gasteiger partial charge in [-0.3, -0.25) is 4.79 Å². The van der Waals surface area contributed by atoms with Crippen molar-refractivity contribution in [3.63, 3.8) is 0 Å². The van der Waals surface area contributed by atoms with Crippen LogP contribution >= 0.6 is 0 Å². The molecule has 0 radical (unpaired) electrons. The lowest BCUT2D eigenvalue weighted by atomic mass is 9.92. The number of ether oxygens (including phenoxy) is 1. The molecule has 3 N–H and O–H groups in total. The van der Waals surface area contributed by atoms with Crippen LogP contribution in [0.2, 0.25) is 0 Å². The van der Waals surface area contributed by atoms with Gasteiger partial charge in [-0.25, -0.2) is 0 Å². The van der Waals surface area contributed by atoms with Crippen molar-refractivity contribution in [2.24, 2.45) is 11.7 Å². The van der Waals surface area contributed by atoms with E-state index in [0.717, 1.165) is 12.8 Å². The molecule has 118 valence electrons. The first kappa shape index (κ1) is 17.2. The number of rotatable bonds is 6. The van der Waals surface area contributed by atoms with Crippen molar-refractivity contribution in [2.45, 2.75) is 57.3 Å². The number of alkyl halides is 3. The molecule has 0 aromatic heterocycles. The van der Waals surface area contributed by atoms with Crippen LogP contribution in [-0.2, 0) is 9.53 Å². The number of carbonyl (C=O) groups is 1. The van der Waals surface area contributed by atoms with Crippen LogP contribution in [0.1, 0.15) is 39.0 Å². The second-order valence-electron chi connectivity index (χ2n) is 5.26. The average Bonchev–Trinajstić information content (AvgIpc) is 2.37. The summed E-state index contributed by atoms with van der Waals surface area (Å²) in [5, 5.41) is 2.87. The molecule has 1 aliphatic rings. The molecular weight excluding hydrogens is 273 g/mol. The minimum Gasteiger partial charge on any atom is -0.369 e. The Morgan fingerprint density at radius 1 is 1.45 bits per heavy atom. The molecule has 4 nitrogen and oxygen atoms in total. The molecule has 3 atom stereocenters. The van der Waals surface area contributed by atoms with Crippen LogP contribution in [0, 0.1) is 5.92 Å². The fraction of sp³-hybridized carbons (Fsp3) is 0.923. The van der Waals surface area contributed by atoms with Crippen LogP contribution in [-0.4, -0.2) is 37.4 Å². The monoisotopic (exact) mass is 296 g/mol. The molecule has 0 spiro atoms. The molecule has 0 aromatic rings. The maximum Gasteiger partial charge on any atom is 0.411 e. The van der Waals surface area contributed by atoms with E-state index in [2.05, 4.69) is 5.32 Å². The minimum atomic E-state index is -4.30. The summed E-state index contributed by atoms with van der Waals surface area (Å²) in [7, 11) is 0. The third kappa shape index (κ3) is 6.09. The first-order valence-corrected chi connectivity index (χ1v) is 7.04. The zero-order valence-electron chi connectivity index (χ0n) is 11.7. The number of carbonyl (C=O) groups excluding carboxylic acids is 1. The number of hydrogen-bond donors (Lipinski definition) is 2. The van der Waals surface area contributed by atoms with Gasteiger partial charge in [-0.2, -0.15) is 13.2 Å². The van der Waals surface area contributed by atoms with E-state index in [1.165, 1.54) is 0 Å². The second kappa shape index (κ2) is 7.83. The molecule has 0 aliphatic heterocycles. The van der Waals surface area contributed by atoms with Crippen molar-refractivity contribution in [3.05, 3.63) is 0 Å². The topological polar surface area (TPSA) is 64.4 Å². The van der Waals surface area contributed by atoms with Gasteiger partial charge in [0, 0.05) is 18.5 Å². The van der Waals surface area contributed by atoms with Crippen molar-refractivity contribution >= 4 is 5.91 Å². The molecule has 20 heavy (non-hydrogen) atoms. The molecule has 0 bridgehead atoms. The third-order valence-corrected chi connectivity index (χ3v) is 3.60. The molecular formula is C13H23F3N2O2. The number of nitrogens with two attached hydrogens (primary N) is 1. The van der Waals surface area contributed by atoms with E-state index >= 15 is 0 Å². The summed E-state index contributed by atoms with van der Waals surface area (Å²) < 4.78 is 41.2. The van der Waals surface area contributed by atoms with Gasteiger partial charge in [-0.15, -0.1) is 0 Å². The van der Waals surface area contributed by atoms with Gasteiger partial charge in [0.25, 0.3) is 0 Å². The highest BCUT2D eigenvalue weighted by Crippen LogP contribution is 2.24. The molecule has 0 saturated heterocycles. The quantitative estimate of drug-likeness (QED) is 0.787. The molecule has 1 saturated carbocycles. The lowest BCUT2D eigenvalue weighted by molar-refractivity contribution is -0.188. The Morgan fingerprint density at radius 2 is 2.15 bits per heavy atom. The summed E-state index contributed by atoms with van der Waals surface area (Å²) >= 11 is 0. The predicted molar refractivity (Wildman–Crippen MR) is 69.0 cm³/mol. The Balaban J connectivity index is 2.39. The van der Waals surface area contributed by atoms with Gasteiger partial charge in [0.2, 0.25) is 5.91 Å². The highest BCUT2D eigenvalue weighted by atomic mass is 19.4. The van der Waals surface area contributed by atoms with Crippen LogP contribution in [0.15, 0.2) is 0 Å². The number of halogens is 3. The average molecular weight is 296 g/mol. The molecule has 3 unspecified atom stereocenters. The third-order valence-electron chi connectivity index (χ3n) is 3.60. The van der Waals surface area contributed by atoms with Gasteiger partial charge in [0.05, 0.1) is 6.10 Å². The van der Waals surface area contributed by atoms with E-state index in [9.17, 15) is 18.0 Å². The van der Waals surface area contributed by atoms with Gasteiger partial charge in [0.15, 0.2) is 0 Å². The molecule has 1 fully saturated rings. The van der Waals surface area contributed by atoms with Gasteiger partial charge in [0.1, 0.15) is 6.61 Å². The summed E-state index contributed by atoms with van der Waals surface area (Å²) in [5.74, 6) is -0.344. The summed E-state index contributed by atoms with van der Waals surface area (Å²) in [5.41, 5.74) is 5.50. The van der Waals surface area contributed by atoms with Gasteiger partial charge in [-0.05, 0) is 32.1 Å². The summed E-state index contributed by atoms with van der Waals surface area (Å²) in [6, 6.07) is -0.116. The first-order valence-electron chi connectivity index (χ1n) is 7.04. The van der Waals surface area contributed by atoms with Crippen molar-refractivity contribution < 1.29 is 22.7 Å². The van der Waals surface area contributed by atoms with Crippen LogP contribution in [0.4, 0.5) is 13.2 Å². The zero-order chi connectivity index (χ0) is 15.2. The Bertz CT molecular complexity index is 306. The van der Waals surface area contributed by atoms with Gasteiger partial charge < -0.3 is 15.8 Å². The van der Waals surface area contributed by atoms with Crippen molar-refractivity contribution in [3.8, 4) is 0 Å². The van der Waals surface area contributed by atoms with Crippen LogP contribution in [0.5, 0.6) is 0 Å². The molecule has 7 heteroatoms. The normalized spacial score (nSPS) is 25.2. The molecule has 1 rings (SSSR count). The van der Waals surface area contributed by atoms with Gasteiger partial charge >= 0.3 is 6.18 Å². The van der Waals surface area contributed by atoms with E-state index in [-0.39, 0.29) is 24.4 Å². The summed E-state index contributed by atoms with van der Waals surface area (Å²) in [6.45, 7) is 0.939. The smallest absolute Gasteiger partial charge is 0.369 e. The molecule has 0 aromatic carbocycles. The van der Waals surface area contributed by atoms with Crippen molar-refractivity contribution in [1.82, 2.24) is 5.32 Å². The van der Waals surface area contributed by atoms with Crippen molar-refractivity contribution in [2.75, 3.05) is 13.2 Å². The van der Waals surface area contributed by atoms with Gasteiger partial charge in [-0.1, -0.05) is 6.92 Å². The van der Waals surface area contributed by atoms with Crippen LogP contribution in [0.3, 0.4) is 0 Å². The van der Waals surface area contributed by atoms with E-state index in [1.54, 1.807) is 0 Å². The maximum atomic E-state index is 12.1. The summed E-state index contributed by atoms with van der Waals surface area (Å²) in [6.07, 6.45) is -1.51.